The fraction of sp³-hybridized carbons (Fsp3) is 0.250. The first-order chi connectivity index (χ1) is 8.58. The summed E-state index contributed by atoms with van der Waals surface area (Å²) in [5.41, 5.74) is 6.34. The molecule has 0 aliphatic carbocycles. The first-order valence-electron chi connectivity index (χ1n) is 5.57. The number of carbonyl (C=O) groups is 3. The molecule has 1 saturated heterocycles. The highest BCUT2D eigenvalue weighted by Gasteiger charge is 2.28. The van der Waals surface area contributed by atoms with Crippen molar-refractivity contribution in [3.05, 3.63) is 29.8 Å². The van der Waals surface area contributed by atoms with Gasteiger partial charge in [0, 0.05) is 12.1 Å². The number of nitrogens with two attached hydrogens (primary N) is 1. The number of rotatable bonds is 2. The first-order valence-corrected chi connectivity index (χ1v) is 5.57. The quantitative estimate of drug-likeness (QED) is 0.534. The number of para-hydroxylation sites is 1. The van der Waals surface area contributed by atoms with E-state index in [4.69, 9.17) is 5.73 Å². The SMILES string of the molecule is Cl.Nc1ccccc1C(=O)NC1CCC(=O)NC1=O. The number of nitrogen functional groups attached to an aromatic ring is 1. The molecule has 1 aliphatic heterocycles. The van der Waals surface area contributed by atoms with E-state index >= 15 is 0 Å². The number of nitrogens with one attached hydrogen (secondary N) is 2. The van der Waals surface area contributed by atoms with Gasteiger partial charge in [-0.15, -0.1) is 12.4 Å². The summed E-state index contributed by atoms with van der Waals surface area (Å²) in [4.78, 5) is 34.3. The molecule has 0 aromatic heterocycles. The average molecular weight is 284 g/mol. The molecular weight excluding hydrogens is 270 g/mol. The number of imide groups is 1. The third-order valence-electron chi connectivity index (χ3n) is 2.75. The van der Waals surface area contributed by atoms with Gasteiger partial charge in [-0.2, -0.15) is 0 Å². The predicted octanol–water partition coefficient (Wildman–Crippen LogP) is 0.226. The van der Waals surface area contributed by atoms with Crippen LogP contribution in [0.1, 0.15) is 23.2 Å². The minimum atomic E-state index is -0.685. The van der Waals surface area contributed by atoms with Crippen molar-refractivity contribution in [3.8, 4) is 0 Å². The molecule has 102 valence electrons. The summed E-state index contributed by atoms with van der Waals surface area (Å²) in [6.45, 7) is 0. The Balaban J connectivity index is 0.00000180. The number of hydrogen-bond donors (Lipinski definition) is 3. The van der Waals surface area contributed by atoms with Gasteiger partial charge in [0.15, 0.2) is 0 Å². The summed E-state index contributed by atoms with van der Waals surface area (Å²) in [5, 5.41) is 4.74. The molecule has 4 N–H and O–H groups in total. The van der Waals surface area contributed by atoms with Crippen LogP contribution in [-0.4, -0.2) is 23.8 Å². The number of piperidine rings is 1. The van der Waals surface area contributed by atoms with Gasteiger partial charge in [0.2, 0.25) is 11.8 Å². The van der Waals surface area contributed by atoms with Gasteiger partial charge in [-0.1, -0.05) is 12.1 Å². The van der Waals surface area contributed by atoms with Crippen molar-refractivity contribution in [2.75, 3.05) is 5.73 Å². The molecule has 2 rings (SSSR count). The molecule has 1 aliphatic rings. The maximum Gasteiger partial charge on any atom is 0.254 e. The second kappa shape index (κ2) is 6.19. The van der Waals surface area contributed by atoms with Crippen LogP contribution in [0.25, 0.3) is 0 Å². The van der Waals surface area contributed by atoms with E-state index in [0.717, 1.165) is 0 Å². The number of anilines is 1. The van der Waals surface area contributed by atoms with Gasteiger partial charge < -0.3 is 11.1 Å². The van der Waals surface area contributed by atoms with E-state index in [0.29, 0.717) is 17.7 Å². The zero-order chi connectivity index (χ0) is 13.1. The molecular formula is C12H14ClN3O3. The average Bonchev–Trinajstić information content (AvgIpc) is 2.33. The van der Waals surface area contributed by atoms with Crippen molar-refractivity contribution in [2.24, 2.45) is 0 Å². The molecule has 7 heteroatoms. The van der Waals surface area contributed by atoms with Crippen molar-refractivity contribution < 1.29 is 14.4 Å². The maximum absolute atomic E-state index is 11.9. The number of carbonyl (C=O) groups excluding carboxylic acids is 3. The molecule has 0 bridgehead atoms. The first kappa shape index (κ1) is 15.0. The van der Waals surface area contributed by atoms with Gasteiger partial charge in [0.05, 0.1) is 5.56 Å². The van der Waals surface area contributed by atoms with Crippen molar-refractivity contribution in [1.29, 1.82) is 0 Å². The zero-order valence-electron chi connectivity index (χ0n) is 10.0. The monoisotopic (exact) mass is 283 g/mol. The minimum absolute atomic E-state index is 0. The fourth-order valence-corrected chi connectivity index (χ4v) is 1.77. The Kier molecular flexibility index (Phi) is 4.88. The predicted molar refractivity (Wildman–Crippen MR) is 71.7 cm³/mol. The molecule has 1 atom stereocenters. The van der Waals surface area contributed by atoms with E-state index in [1.807, 2.05) is 0 Å². The van der Waals surface area contributed by atoms with Gasteiger partial charge in [-0.3, -0.25) is 19.7 Å². The Morgan fingerprint density at radius 1 is 1.32 bits per heavy atom. The van der Waals surface area contributed by atoms with Crippen LogP contribution in [0, 0.1) is 0 Å². The Morgan fingerprint density at radius 2 is 2.00 bits per heavy atom. The van der Waals surface area contributed by atoms with Gasteiger partial charge in [-0.05, 0) is 18.6 Å². The highest BCUT2D eigenvalue weighted by atomic mass is 35.5. The highest BCUT2D eigenvalue weighted by Crippen LogP contribution is 2.12. The van der Waals surface area contributed by atoms with Gasteiger partial charge >= 0.3 is 0 Å². The summed E-state index contributed by atoms with van der Waals surface area (Å²) in [6, 6.07) is 5.92. The largest absolute Gasteiger partial charge is 0.398 e. The minimum Gasteiger partial charge on any atom is -0.398 e. The molecule has 1 aromatic rings. The van der Waals surface area contributed by atoms with E-state index in [1.165, 1.54) is 0 Å². The molecule has 3 amide bonds. The van der Waals surface area contributed by atoms with E-state index in [2.05, 4.69) is 10.6 Å². The molecule has 0 spiro atoms. The van der Waals surface area contributed by atoms with Crippen LogP contribution < -0.4 is 16.4 Å². The van der Waals surface area contributed by atoms with E-state index in [1.54, 1.807) is 24.3 Å². The van der Waals surface area contributed by atoms with Crippen molar-refractivity contribution >= 4 is 35.8 Å². The lowest BCUT2D eigenvalue weighted by Gasteiger charge is -2.22. The fourth-order valence-electron chi connectivity index (χ4n) is 1.77. The smallest absolute Gasteiger partial charge is 0.254 e. The van der Waals surface area contributed by atoms with E-state index in [9.17, 15) is 14.4 Å². The summed E-state index contributed by atoms with van der Waals surface area (Å²) >= 11 is 0. The lowest BCUT2D eigenvalue weighted by Crippen LogP contribution is -2.52. The third kappa shape index (κ3) is 3.45. The maximum atomic E-state index is 11.9. The number of halogens is 1. The molecule has 1 fully saturated rings. The second-order valence-corrected chi connectivity index (χ2v) is 4.06. The van der Waals surface area contributed by atoms with Crippen LogP contribution in [0.5, 0.6) is 0 Å². The standard InChI is InChI=1S/C12H13N3O3.ClH/c13-8-4-2-1-3-7(8)11(17)14-9-5-6-10(16)15-12(9)18;/h1-4,9H,5-6,13H2,(H,14,17)(H,15,16,18);1H. The van der Waals surface area contributed by atoms with Crippen LogP contribution in [0.3, 0.4) is 0 Å². The zero-order valence-corrected chi connectivity index (χ0v) is 10.8. The van der Waals surface area contributed by atoms with Crippen LogP contribution in [0.15, 0.2) is 24.3 Å². The Morgan fingerprint density at radius 3 is 2.63 bits per heavy atom. The molecule has 1 heterocycles. The van der Waals surface area contributed by atoms with Crippen LogP contribution in [0.2, 0.25) is 0 Å². The Hall–Kier alpha value is -2.08. The lowest BCUT2D eigenvalue weighted by atomic mass is 10.1. The second-order valence-electron chi connectivity index (χ2n) is 4.06. The number of benzene rings is 1. The molecule has 1 aromatic carbocycles. The van der Waals surface area contributed by atoms with E-state index < -0.39 is 17.9 Å². The van der Waals surface area contributed by atoms with Crippen LogP contribution >= 0.6 is 12.4 Å². The van der Waals surface area contributed by atoms with Crippen molar-refractivity contribution in [2.45, 2.75) is 18.9 Å². The topological polar surface area (TPSA) is 101 Å². The number of hydrogen-bond acceptors (Lipinski definition) is 4. The van der Waals surface area contributed by atoms with Crippen molar-refractivity contribution in [1.82, 2.24) is 10.6 Å². The van der Waals surface area contributed by atoms with Gasteiger partial charge in [0.1, 0.15) is 6.04 Å². The molecule has 19 heavy (non-hydrogen) atoms. The lowest BCUT2D eigenvalue weighted by molar-refractivity contribution is -0.134. The summed E-state index contributed by atoms with van der Waals surface area (Å²) in [7, 11) is 0. The summed E-state index contributed by atoms with van der Waals surface area (Å²) < 4.78 is 0. The highest BCUT2D eigenvalue weighted by molar-refractivity contribution is 6.05. The van der Waals surface area contributed by atoms with Crippen molar-refractivity contribution in [3.63, 3.8) is 0 Å². The Bertz CT molecular complexity index is 519. The Labute approximate surface area is 116 Å². The molecule has 1 unspecified atom stereocenters. The van der Waals surface area contributed by atoms with Gasteiger partial charge in [-0.25, -0.2) is 0 Å². The summed E-state index contributed by atoms with van der Waals surface area (Å²) in [5.74, 6) is -1.21. The molecule has 6 nitrogen and oxygen atoms in total. The molecule has 0 saturated carbocycles. The van der Waals surface area contributed by atoms with Gasteiger partial charge in [0.25, 0.3) is 5.91 Å². The normalized spacial score (nSPS) is 18.2. The summed E-state index contributed by atoms with van der Waals surface area (Å²) in [6.07, 6.45) is 0.532. The number of amides is 3. The van der Waals surface area contributed by atoms with Crippen LogP contribution in [-0.2, 0) is 9.59 Å². The van der Waals surface area contributed by atoms with E-state index in [-0.39, 0.29) is 24.7 Å². The third-order valence-corrected chi connectivity index (χ3v) is 2.75. The molecule has 0 radical (unpaired) electrons. The van der Waals surface area contributed by atoms with Crippen LogP contribution in [0.4, 0.5) is 5.69 Å².